The lowest BCUT2D eigenvalue weighted by molar-refractivity contribution is -0.151. The molecule has 0 spiro atoms. The summed E-state index contributed by atoms with van der Waals surface area (Å²) in [5.41, 5.74) is 1.67. The first kappa shape index (κ1) is 16.6. The maximum Gasteiger partial charge on any atom is 0.411 e. The second-order valence-corrected chi connectivity index (χ2v) is 5.47. The maximum atomic E-state index is 12.2. The van der Waals surface area contributed by atoms with Crippen molar-refractivity contribution < 1.29 is 22.7 Å². The van der Waals surface area contributed by atoms with Crippen molar-refractivity contribution in [3.8, 4) is 0 Å². The molecule has 0 saturated carbocycles. The molecule has 122 valence electrons. The summed E-state index contributed by atoms with van der Waals surface area (Å²) in [5, 5.41) is 5.71. The molecule has 7 heteroatoms. The minimum absolute atomic E-state index is 0.466. The van der Waals surface area contributed by atoms with Gasteiger partial charge in [-0.05, 0) is 43.5 Å². The van der Waals surface area contributed by atoms with E-state index in [0.717, 1.165) is 19.5 Å². The van der Waals surface area contributed by atoms with Crippen molar-refractivity contribution in [2.24, 2.45) is 0 Å². The number of halogens is 3. The predicted octanol–water partition coefficient (Wildman–Crippen LogP) is 3.65. The van der Waals surface area contributed by atoms with E-state index in [0.29, 0.717) is 11.6 Å². The number of amides is 1. The lowest BCUT2D eigenvalue weighted by Crippen LogP contribution is -2.25. The van der Waals surface area contributed by atoms with Crippen LogP contribution in [0.15, 0.2) is 24.3 Å². The summed E-state index contributed by atoms with van der Waals surface area (Å²) in [4.78, 5) is 11.5. The third kappa shape index (κ3) is 5.22. The molecular weight excluding hydrogens is 297 g/mol. The largest absolute Gasteiger partial charge is 0.446 e. The predicted molar refractivity (Wildman–Crippen MR) is 76.9 cm³/mol. The van der Waals surface area contributed by atoms with Crippen LogP contribution in [0, 0.1) is 0 Å². The van der Waals surface area contributed by atoms with Crippen molar-refractivity contribution in [1.29, 1.82) is 0 Å². The van der Waals surface area contributed by atoms with E-state index in [1.54, 1.807) is 12.1 Å². The van der Waals surface area contributed by atoms with Gasteiger partial charge in [0.2, 0.25) is 0 Å². The van der Waals surface area contributed by atoms with Crippen LogP contribution < -0.4 is 10.6 Å². The number of ether oxygens (including phenoxy) is 1. The van der Waals surface area contributed by atoms with Gasteiger partial charge >= 0.3 is 12.3 Å². The van der Waals surface area contributed by atoms with Crippen LogP contribution in [0.4, 0.5) is 23.7 Å². The first-order valence-electron chi connectivity index (χ1n) is 7.18. The summed E-state index contributed by atoms with van der Waals surface area (Å²) in [6.07, 6.45) is -6.54. The van der Waals surface area contributed by atoms with Crippen molar-refractivity contribution in [2.75, 3.05) is 18.4 Å². The van der Waals surface area contributed by atoms with Gasteiger partial charge in [-0.2, -0.15) is 13.2 Å². The Labute approximate surface area is 127 Å². The summed E-state index contributed by atoms with van der Waals surface area (Å²) < 4.78 is 41.2. The number of carbonyl (C=O) groups is 1. The molecule has 1 aromatic carbocycles. The zero-order chi connectivity index (χ0) is 16.2. The molecule has 1 aliphatic rings. The smallest absolute Gasteiger partial charge is 0.411 e. The number of hydrogen-bond acceptors (Lipinski definition) is 3. The second kappa shape index (κ2) is 7.00. The van der Waals surface area contributed by atoms with Gasteiger partial charge in [-0.1, -0.05) is 12.1 Å². The summed E-state index contributed by atoms with van der Waals surface area (Å²) >= 11 is 0. The number of alkyl halides is 3. The van der Waals surface area contributed by atoms with Crippen LogP contribution in [0.1, 0.15) is 31.2 Å². The fourth-order valence-corrected chi connectivity index (χ4v) is 2.48. The van der Waals surface area contributed by atoms with Crippen molar-refractivity contribution in [3.63, 3.8) is 0 Å². The normalized spacial score (nSPS) is 19.7. The van der Waals surface area contributed by atoms with Crippen LogP contribution in [0.25, 0.3) is 0 Å². The van der Waals surface area contributed by atoms with Crippen LogP contribution in [0.2, 0.25) is 0 Å². The minimum Gasteiger partial charge on any atom is -0.446 e. The summed E-state index contributed by atoms with van der Waals surface area (Å²) in [6, 6.07) is 7.27. The Morgan fingerprint density at radius 1 is 1.41 bits per heavy atom. The van der Waals surface area contributed by atoms with Gasteiger partial charge in [0.15, 0.2) is 0 Å². The Balaban J connectivity index is 1.83. The SMILES string of the molecule is C[C@H](CC(F)(F)F)OC(=O)Nc1ccc([C@H]2CCNC2)cc1. The molecule has 2 rings (SSSR count). The Bertz CT molecular complexity index is 497. The Hall–Kier alpha value is -1.76. The molecule has 2 N–H and O–H groups in total. The Morgan fingerprint density at radius 3 is 2.64 bits per heavy atom. The lowest BCUT2D eigenvalue weighted by Gasteiger charge is -2.16. The zero-order valence-corrected chi connectivity index (χ0v) is 12.2. The van der Waals surface area contributed by atoms with Crippen LogP contribution in [-0.4, -0.2) is 31.5 Å². The molecule has 4 nitrogen and oxygen atoms in total. The minimum atomic E-state index is -4.35. The number of carbonyl (C=O) groups excluding carboxylic acids is 1. The highest BCUT2D eigenvalue weighted by Crippen LogP contribution is 2.24. The van der Waals surface area contributed by atoms with Crippen LogP contribution >= 0.6 is 0 Å². The van der Waals surface area contributed by atoms with Crippen molar-refractivity contribution in [1.82, 2.24) is 5.32 Å². The average molecular weight is 316 g/mol. The van der Waals surface area contributed by atoms with Gasteiger partial charge in [0.25, 0.3) is 0 Å². The van der Waals surface area contributed by atoms with Crippen molar-refractivity contribution >= 4 is 11.8 Å². The molecular formula is C15H19F3N2O2. The Morgan fingerprint density at radius 2 is 2.09 bits per heavy atom. The lowest BCUT2D eigenvalue weighted by atomic mass is 9.98. The third-order valence-electron chi connectivity index (χ3n) is 3.52. The van der Waals surface area contributed by atoms with E-state index in [4.69, 9.17) is 0 Å². The average Bonchev–Trinajstić information content (AvgIpc) is 2.90. The molecule has 0 radical (unpaired) electrons. The standard InChI is InChI=1S/C15H19F3N2O2/c1-10(8-15(16,17)18)22-14(21)20-13-4-2-11(3-5-13)12-6-7-19-9-12/h2-5,10,12,19H,6-9H2,1H3,(H,20,21)/t10-,12+/m1/s1. The molecule has 0 bridgehead atoms. The third-order valence-corrected chi connectivity index (χ3v) is 3.52. The van der Waals surface area contributed by atoms with E-state index in [1.165, 1.54) is 12.5 Å². The molecule has 2 atom stereocenters. The highest BCUT2D eigenvalue weighted by Gasteiger charge is 2.31. The van der Waals surface area contributed by atoms with Crippen LogP contribution in [0.5, 0.6) is 0 Å². The van der Waals surface area contributed by atoms with E-state index in [9.17, 15) is 18.0 Å². The van der Waals surface area contributed by atoms with Gasteiger partial charge in [-0.15, -0.1) is 0 Å². The van der Waals surface area contributed by atoms with Gasteiger partial charge in [0, 0.05) is 12.2 Å². The molecule has 1 aliphatic heterocycles. The molecule has 0 unspecified atom stereocenters. The molecule has 22 heavy (non-hydrogen) atoms. The van der Waals surface area contributed by atoms with Gasteiger partial charge in [-0.25, -0.2) is 4.79 Å². The molecule has 1 saturated heterocycles. The first-order valence-corrected chi connectivity index (χ1v) is 7.18. The maximum absolute atomic E-state index is 12.2. The van der Waals surface area contributed by atoms with Crippen molar-refractivity contribution in [3.05, 3.63) is 29.8 Å². The second-order valence-electron chi connectivity index (χ2n) is 5.47. The number of nitrogens with one attached hydrogen (secondary N) is 2. The number of hydrogen-bond donors (Lipinski definition) is 2. The first-order chi connectivity index (χ1) is 10.3. The van der Waals surface area contributed by atoms with E-state index >= 15 is 0 Å². The van der Waals surface area contributed by atoms with E-state index in [2.05, 4.69) is 15.4 Å². The number of rotatable bonds is 4. The van der Waals surface area contributed by atoms with Gasteiger partial charge in [0.1, 0.15) is 6.10 Å². The highest BCUT2D eigenvalue weighted by atomic mass is 19.4. The molecule has 1 heterocycles. The quantitative estimate of drug-likeness (QED) is 0.891. The molecule has 0 aromatic heterocycles. The monoisotopic (exact) mass is 316 g/mol. The summed E-state index contributed by atoms with van der Waals surface area (Å²) in [6.45, 7) is 3.14. The van der Waals surface area contributed by atoms with E-state index in [1.807, 2.05) is 12.1 Å². The molecule has 1 fully saturated rings. The number of benzene rings is 1. The summed E-state index contributed by atoms with van der Waals surface area (Å²) in [7, 11) is 0. The van der Waals surface area contributed by atoms with Crippen LogP contribution in [-0.2, 0) is 4.74 Å². The van der Waals surface area contributed by atoms with Crippen LogP contribution in [0.3, 0.4) is 0 Å². The molecule has 1 aromatic rings. The summed E-state index contributed by atoms with van der Waals surface area (Å²) in [5.74, 6) is 0.466. The molecule has 0 aliphatic carbocycles. The topological polar surface area (TPSA) is 50.4 Å². The van der Waals surface area contributed by atoms with E-state index in [-0.39, 0.29) is 0 Å². The fraction of sp³-hybridized carbons (Fsp3) is 0.533. The highest BCUT2D eigenvalue weighted by molar-refractivity contribution is 5.84. The van der Waals surface area contributed by atoms with Crippen molar-refractivity contribution in [2.45, 2.75) is 38.0 Å². The Kier molecular flexibility index (Phi) is 5.28. The van der Waals surface area contributed by atoms with Gasteiger partial charge in [0.05, 0.1) is 6.42 Å². The van der Waals surface area contributed by atoms with E-state index < -0.39 is 24.8 Å². The zero-order valence-electron chi connectivity index (χ0n) is 12.2. The van der Waals surface area contributed by atoms with Gasteiger partial charge in [-0.3, -0.25) is 5.32 Å². The number of anilines is 1. The van der Waals surface area contributed by atoms with Gasteiger partial charge < -0.3 is 10.1 Å². The molecule has 1 amide bonds. The fourth-order valence-electron chi connectivity index (χ4n) is 2.48.